The molecular weight excluding hydrogens is 397 g/mol. The Morgan fingerprint density at radius 1 is 0.935 bits per heavy atom. The summed E-state index contributed by atoms with van der Waals surface area (Å²) in [6.07, 6.45) is 4.33. The van der Waals surface area contributed by atoms with Gasteiger partial charge in [0.1, 0.15) is 5.69 Å². The Bertz CT molecular complexity index is 1200. The molecule has 156 valence electrons. The summed E-state index contributed by atoms with van der Waals surface area (Å²) in [5.41, 5.74) is 3.85. The predicted octanol–water partition coefficient (Wildman–Crippen LogP) is 4.71. The topological polar surface area (TPSA) is 96.8 Å². The molecule has 2 amide bonds. The van der Waals surface area contributed by atoms with Crippen LogP contribution in [0, 0.1) is 12.7 Å². The maximum Gasteiger partial charge on any atom is 0.323 e. The van der Waals surface area contributed by atoms with Gasteiger partial charge in [-0.05, 0) is 43.3 Å². The van der Waals surface area contributed by atoms with E-state index < -0.39 is 5.82 Å². The summed E-state index contributed by atoms with van der Waals surface area (Å²) in [4.78, 5) is 20.4. The number of nitrogens with zero attached hydrogens (tertiary/aromatic N) is 4. The van der Waals surface area contributed by atoms with Crippen molar-refractivity contribution in [2.24, 2.45) is 7.05 Å². The van der Waals surface area contributed by atoms with Crippen LogP contribution in [0.4, 0.5) is 32.2 Å². The van der Waals surface area contributed by atoms with Crippen LogP contribution in [-0.2, 0) is 7.05 Å². The third-order valence-corrected chi connectivity index (χ3v) is 4.43. The largest absolute Gasteiger partial charge is 0.324 e. The summed E-state index contributed by atoms with van der Waals surface area (Å²) < 4.78 is 15.7. The summed E-state index contributed by atoms with van der Waals surface area (Å²) >= 11 is 0. The molecule has 31 heavy (non-hydrogen) atoms. The summed E-state index contributed by atoms with van der Waals surface area (Å²) in [6.45, 7) is 1.98. The Balaban J connectivity index is 1.40. The fraction of sp³-hybridized carbons (Fsp3) is 0.0909. The highest BCUT2D eigenvalue weighted by atomic mass is 19.1. The van der Waals surface area contributed by atoms with Gasteiger partial charge < -0.3 is 16.0 Å². The molecule has 0 spiro atoms. The summed E-state index contributed by atoms with van der Waals surface area (Å²) in [5.74, 6) is -0.282. The number of aryl methyl sites for hydroxylation is 2. The molecule has 0 atom stereocenters. The van der Waals surface area contributed by atoms with E-state index in [0.717, 1.165) is 11.8 Å². The van der Waals surface area contributed by atoms with Gasteiger partial charge in [-0.1, -0.05) is 17.7 Å². The molecule has 0 aliphatic rings. The van der Waals surface area contributed by atoms with Crippen molar-refractivity contribution in [1.29, 1.82) is 0 Å². The lowest BCUT2D eigenvalue weighted by molar-refractivity contribution is 0.262. The van der Waals surface area contributed by atoms with E-state index in [1.54, 1.807) is 42.2 Å². The monoisotopic (exact) mass is 417 g/mol. The summed E-state index contributed by atoms with van der Waals surface area (Å²) in [7, 11) is 1.75. The lowest BCUT2D eigenvalue weighted by atomic mass is 10.2. The van der Waals surface area contributed by atoms with Gasteiger partial charge in [0.15, 0.2) is 5.82 Å². The third kappa shape index (κ3) is 5.02. The molecule has 0 aliphatic heterocycles. The van der Waals surface area contributed by atoms with Gasteiger partial charge in [-0.25, -0.2) is 19.2 Å². The zero-order valence-electron chi connectivity index (χ0n) is 16.9. The number of halogens is 1. The molecule has 0 unspecified atom stereocenters. The molecule has 0 aliphatic carbocycles. The molecule has 4 aromatic rings. The molecule has 0 saturated carbocycles. The standard InChI is InChI=1S/C22H20FN7O/c1-14-3-5-17(6-4-14)27-22(31)28-18-9-7-16(8-10-18)26-21-24-12-19(23)20(29-21)15-11-25-30(2)13-15/h3-13H,1-2H3,(H,24,26,29)(H2,27,28,31). The Morgan fingerprint density at radius 3 is 2.16 bits per heavy atom. The molecule has 3 N–H and O–H groups in total. The van der Waals surface area contributed by atoms with Crippen molar-refractivity contribution >= 4 is 29.0 Å². The molecule has 2 aromatic carbocycles. The maximum absolute atomic E-state index is 14.1. The van der Waals surface area contributed by atoms with E-state index in [2.05, 4.69) is 31.0 Å². The van der Waals surface area contributed by atoms with Crippen LogP contribution in [0.5, 0.6) is 0 Å². The number of hydrogen-bond donors (Lipinski definition) is 3. The van der Waals surface area contributed by atoms with Crippen molar-refractivity contribution in [2.45, 2.75) is 6.92 Å². The first kappa shape index (κ1) is 20.0. The fourth-order valence-electron chi connectivity index (χ4n) is 2.87. The normalized spacial score (nSPS) is 10.5. The average Bonchev–Trinajstić information content (AvgIpc) is 3.18. The van der Waals surface area contributed by atoms with Gasteiger partial charge in [0, 0.05) is 35.9 Å². The molecular formula is C22H20FN7O. The number of anilines is 4. The first-order chi connectivity index (χ1) is 15.0. The molecule has 0 radical (unpaired) electrons. The van der Waals surface area contributed by atoms with Crippen molar-refractivity contribution in [2.75, 3.05) is 16.0 Å². The predicted molar refractivity (Wildman–Crippen MR) is 118 cm³/mol. The SMILES string of the molecule is Cc1ccc(NC(=O)Nc2ccc(Nc3ncc(F)c(-c4cnn(C)c4)n3)cc2)cc1. The highest BCUT2D eigenvalue weighted by Gasteiger charge is 2.11. The minimum atomic E-state index is -0.530. The van der Waals surface area contributed by atoms with Gasteiger partial charge >= 0.3 is 6.03 Å². The number of amides is 2. The van der Waals surface area contributed by atoms with Crippen LogP contribution in [0.3, 0.4) is 0 Å². The number of carbonyl (C=O) groups is 1. The van der Waals surface area contributed by atoms with E-state index in [1.165, 1.54) is 6.20 Å². The van der Waals surface area contributed by atoms with Gasteiger partial charge in [-0.15, -0.1) is 0 Å². The third-order valence-electron chi connectivity index (χ3n) is 4.43. The first-order valence-corrected chi connectivity index (χ1v) is 9.49. The van der Waals surface area contributed by atoms with Crippen LogP contribution in [0.1, 0.15) is 5.56 Å². The van der Waals surface area contributed by atoms with E-state index >= 15 is 0 Å². The Morgan fingerprint density at radius 2 is 1.55 bits per heavy atom. The second-order valence-corrected chi connectivity index (χ2v) is 6.94. The van der Waals surface area contributed by atoms with Crippen LogP contribution >= 0.6 is 0 Å². The van der Waals surface area contributed by atoms with E-state index in [-0.39, 0.29) is 17.7 Å². The smallest absolute Gasteiger partial charge is 0.323 e. The maximum atomic E-state index is 14.1. The van der Waals surface area contributed by atoms with Crippen molar-refractivity contribution in [3.8, 4) is 11.3 Å². The average molecular weight is 417 g/mol. The number of nitrogens with one attached hydrogen (secondary N) is 3. The quantitative estimate of drug-likeness (QED) is 0.437. The zero-order valence-corrected chi connectivity index (χ0v) is 16.9. The number of hydrogen-bond acceptors (Lipinski definition) is 5. The van der Waals surface area contributed by atoms with Gasteiger partial charge in [-0.2, -0.15) is 5.10 Å². The highest BCUT2D eigenvalue weighted by molar-refractivity contribution is 5.99. The van der Waals surface area contributed by atoms with E-state index in [1.807, 2.05) is 31.2 Å². The Kier molecular flexibility index (Phi) is 5.57. The number of benzene rings is 2. The first-order valence-electron chi connectivity index (χ1n) is 9.49. The van der Waals surface area contributed by atoms with E-state index in [0.29, 0.717) is 22.6 Å². The minimum Gasteiger partial charge on any atom is -0.324 e. The van der Waals surface area contributed by atoms with Crippen molar-refractivity contribution in [3.05, 3.63) is 78.5 Å². The van der Waals surface area contributed by atoms with Crippen LogP contribution in [0.2, 0.25) is 0 Å². The van der Waals surface area contributed by atoms with Gasteiger partial charge in [0.05, 0.1) is 12.4 Å². The Hall–Kier alpha value is -4.27. The molecule has 4 rings (SSSR count). The number of aromatic nitrogens is 4. The van der Waals surface area contributed by atoms with E-state index in [9.17, 15) is 9.18 Å². The second-order valence-electron chi connectivity index (χ2n) is 6.94. The highest BCUT2D eigenvalue weighted by Crippen LogP contribution is 2.22. The fourth-order valence-corrected chi connectivity index (χ4v) is 2.87. The molecule has 0 bridgehead atoms. The van der Waals surface area contributed by atoms with Crippen molar-refractivity contribution < 1.29 is 9.18 Å². The van der Waals surface area contributed by atoms with Crippen LogP contribution in [0.25, 0.3) is 11.3 Å². The summed E-state index contributed by atoms with van der Waals surface area (Å²) in [5, 5.41) is 12.6. The molecule has 0 fully saturated rings. The Labute approximate surface area is 178 Å². The molecule has 0 saturated heterocycles. The number of carbonyl (C=O) groups excluding carboxylic acids is 1. The van der Waals surface area contributed by atoms with Gasteiger partial charge in [-0.3, -0.25) is 4.68 Å². The van der Waals surface area contributed by atoms with Crippen LogP contribution < -0.4 is 16.0 Å². The van der Waals surface area contributed by atoms with Crippen LogP contribution in [0.15, 0.2) is 67.1 Å². The van der Waals surface area contributed by atoms with Gasteiger partial charge in [0.25, 0.3) is 0 Å². The second kappa shape index (κ2) is 8.62. The van der Waals surface area contributed by atoms with Gasteiger partial charge in [0.2, 0.25) is 5.95 Å². The zero-order chi connectivity index (χ0) is 21.8. The molecule has 2 heterocycles. The number of urea groups is 1. The number of rotatable bonds is 5. The summed E-state index contributed by atoms with van der Waals surface area (Å²) in [6, 6.07) is 14.2. The molecule has 9 heteroatoms. The van der Waals surface area contributed by atoms with Crippen LogP contribution in [-0.4, -0.2) is 25.8 Å². The lowest BCUT2D eigenvalue weighted by Gasteiger charge is -2.10. The molecule has 8 nitrogen and oxygen atoms in total. The van der Waals surface area contributed by atoms with E-state index in [4.69, 9.17) is 0 Å². The molecule has 2 aromatic heterocycles. The van der Waals surface area contributed by atoms with Crippen molar-refractivity contribution in [3.63, 3.8) is 0 Å². The minimum absolute atomic E-state index is 0.164. The van der Waals surface area contributed by atoms with Crippen molar-refractivity contribution in [1.82, 2.24) is 19.7 Å². The lowest BCUT2D eigenvalue weighted by Crippen LogP contribution is -2.19.